The molecule has 1 heterocycles. The van der Waals surface area contributed by atoms with Gasteiger partial charge in [-0.2, -0.15) is 0 Å². The quantitative estimate of drug-likeness (QED) is 0.848. The van der Waals surface area contributed by atoms with Gasteiger partial charge in [0.2, 0.25) is 0 Å². The molecule has 2 N–H and O–H groups in total. The highest BCUT2D eigenvalue weighted by atomic mass is 16.5. The first kappa shape index (κ1) is 11.5. The third-order valence-corrected chi connectivity index (χ3v) is 3.66. The van der Waals surface area contributed by atoms with Gasteiger partial charge in [-0.1, -0.05) is 26.0 Å². The molecule has 0 saturated heterocycles. The molecule has 0 amide bonds. The maximum Gasteiger partial charge on any atom is 0.122 e. The summed E-state index contributed by atoms with van der Waals surface area (Å²) in [6.07, 6.45) is 2.22. The summed E-state index contributed by atoms with van der Waals surface area (Å²) >= 11 is 0. The van der Waals surface area contributed by atoms with Gasteiger partial charge >= 0.3 is 0 Å². The fourth-order valence-electron chi connectivity index (χ4n) is 2.27. The van der Waals surface area contributed by atoms with Gasteiger partial charge in [-0.15, -0.1) is 0 Å². The SMILES string of the molecule is CCC(C)c1ccc2c(c1)C(CN)CCO2. The van der Waals surface area contributed by atoms with E-state index >= 15 is 0 Å². The summed E-state index contributed by atoms with van der Waals surface area (Å²) in [7, 11) is 0. The highest BCUT2D eigenvalue weighted by Gasteiger charge is 2.21. The highest BCUT2D eigenvalue weighted by molar-refractivity contribution is 5.42. The molecule has 0 aliphatic carbocycles. The highest BCUT2D eigenvalue weighted by Crippen LogP contribution is 2.35. The molecule has 0 aromatic heterocycles. The van der Waals surface area contributed by atoms with Crippen LogP contribution < -0.4 is 10.5 Å². The number of ether oxygens (including phenoxy) is 1. The Morgan fingerprint density at radius 3 is 3.00 bits per heavy atom. The van der Waals surface area contributed by atoms with E-state index in [0.29, 0.717) is 11.8 Å². The average molecular weight is 219 g/mol. The molecule has 88 valence electrons. The first-order chi connectivity index (χ1) is 7.76. The van der Waals surface area contributed by atoms with E-state index in [4.69, 9.17) is 10.5 Å². The zero-order valence-corrected chi connectivity index (χ0v) is 10.2. The van der Waals surface area contributed by atoms with Crippen molar-refractivity contribution in [3.05, 3.63) is 29.3 Å². The second kappa shape index (κ2) is 4.88. The molecule has 1 aliphatic heterocycles. The molecule has 0 spiro atoms. The summed E-state index contributed by atoms with van der Waals surface area (Å²) in [6.45, 7) is 6.02. The van der Waals surface area contributed by atoms with Crippen LogP contribution in [0.1, 0.15) is 49.7 Å². The molecule has 2 atom stereocenters. The van der Waals surface area contributed by atoms with E-state index in [2.05, 4.69) is 32.0 Å². The van der Waals surface area contributed by atoms with Crippen molar-refractivity contribution < 1.29 is 4.74 Å². The molecule has 2 heteroatoms. The Kier molecular flexibility index (Phi) is 3.49. The lowest BCUT2D eigenvalue weighted by Crippen LogP contribution is -2.21. The third-order valence-electron chi connectivity index (χ3n) is 3.66. The minimum Gasteiger partial charge on any atom is -0.493 e. The van der Waals surface area contributed by atoms with Crippen LogP contribution in [0.4, 0.5) is 0 Å². The Bertz CT molecular complexity index is 362. The number of nitrogens with two attached hydrogens (primary N) is 1. The predicted octanol–water partition coefficient (Wildman–Crippen LogP) is 3.02. The largest absolute Gasteiger partial charge is 0.493 e. The van der Waals surface area contributed by atoms with E-state index in [-0.39, 0.29) is 0 Å². The minimum absolute atomic E-state index is 0.479. The molecule has 1 aromatic carbocycles. The summed E-state index contributed by atoms with van der Waals surface area (Å²) in [4.78, 5) is 0. The zero-order chi connectivity index (χ0) is 11.5. The van der Waals surface area contributed by atoms with Gasteiger partial charge in [-0.05, 0) is 42.5 Å². The smallest absolute Gasteiger partial charge is 0.122 e. The lowest BCUT2D eigenvalue weighted by atomic mass is 9.88. The van der Waals surface area contributed by atoms with Crippen LogP contribution in [0.3, 0.4) is 0 Å². The zero-order valence-electron chi connectivity index (χ0n) is 10.2. The molecule has 2 unspecified atom stereocenters. The Labute approximate surface area is 97.8 Å². The van der Waals surface area contributed by atoms with Crippen molar-refractivity contribution in [3.8, 4) is 5.75 Å². The topological polar surface area (TPSA) is 35.2 Å². The van der Waals surface area contributed by atoms with Gasteiger partial charge in [0.15, 0.2) is 0 Å². The Hall–Kier alpha value is -1.02. The van der Waals surface area contributed by atoms with Crippen molar-refractivity contribution >= 4 is 0 Å². The molecule has 0 fully saturated rings. The van der Waals surface area contributed by atoms with E-state index in [1.165, 1.54) is 17.5 Å². The average Bonchev–Trinajstić information content (AvgIpc) is 2.36. The van der Waals surface area contributed by atoms with Crippen LogP contribution in [-0.4, -0.2) is 13.2 Å². The fraction of sp³-hybridized carbons (Fsp3) is 0.571. The molecule has 0 radical (unpaired) electrons. The van der Waals surface area contributed by atoms with Gasteiger partial charge in [0, 0.05) is 5.92 Å². The first-order valence-corrected chi connectivity index (χ1v) is 6.23. The van der Waals surface area contributed by atoms with Gasteiger partial charge < -0.3 is 10.5 Å². The normalized spacial score (nSPS) is 21.1. The van der Waals surface area contributed by atoms with Crippen molar-refractivity contribution in [3.63, 3.8) is 0 Å². The first-order valence-electron chi connectivity index (χ1n) is 6.23. The van der Waals surface area contributed by atoms with Crippen molar-refractivity contribution in [1.29, 1.82) is 0 Å². The molecule has 2 nitrogen and oxygen atoms in total. The lowest BCUT2D eigenvalue weighted by molar-refractivity contribution is 0.268. The Morgan fingerprint density at radius 2 is 2.31 bits per heavy atom. The molecular weight excluding hydrogens is 198 g/mol. The van der Waals surface area contributed by atoms with Gasteiger partial charge in [0.25, 0.3) is 0 Å². The van der Waals surface area contributed by atoms with E-state index < -0.39 is 0 Å². The van der Waals surface area contributed by atoms with Crippen LogP contribution in [0.2, 0.25) is 0 Å². The number of hydrogen-bond donors (Lipinski definition) is 1. The van der Waals surface area contributed by atoms with Gasteiger partial charge in [-0.3, -0.25) is 0 Å². The van der Waals surface area contributed by atoms with Crippen LogP contribution in [-0.2, 0) is 0 Å². The van der Waals surface area contributed by atoms with Crippen LogP contribution in [0.5, 0.6) is 5.75 Å². The molecule has 0 saturated carbocycles. The Balaban J connectivity index is 2.34. The summed E-state index contributed by atoms with van der Waals surface area (Å²) in [5.41, 5.74) is 8.54. The van der Waals surface area contributed by atoms with Crippen LogP contribution in [0.15, 0.2) is 18.2 Å². The molecule has 1 aliphatic rings. The number of rotatable bonds is 3. The van der Waals surface area contributed by atoms with Crippen molar-refractivity contribution in [2.45, 2.75) is 38.5 Å². The summed E-state index contributed by atoms with van der Waals surface area (Å²) in [6, 6.07) is 6.59. The fourth-order valence-corrected chi connectivity index (χ4v) is 2.27. The standard InChI is InChI=1S/C14H21NO/c1-3-10(2)11-4-5-14-13(8-11)12(9-15)6-7-16-14/h4-5,8,10,12H,3,6-7,9,15H2,1-2H3. The lowest BCUT2D eigenvalue weighted by Gasteiger charge is -2.26. The summed E-state index contributed by atoms with van der Waals surface area (Å²) in [5, 5.41) is 0. The number of fused-ring (bicyclic) bond motifs is 1. The molecule has 0 bridgehead atoms. The maximum atomic E-state index is 5.82. The van der Waals surface area contributed by atoms with E-state index in [1.54, 1.807) is 0 Å². The minimum atomic E-state index is 0.479. The van der Waals surface area contributed by atoms with Crippen molar-refractivity contribution in [2.75, 3.05) is 13.2 Å². The second-order valence-electron chi connectivity index (χ2n) is 4.68. The molecular formula is C14H21NO. The number of hydrogen-bond acceptors (Lipinski definition) is 2. The van der Waals surface area contributed by atoms with E-state index in [1.807, 2.05) is 0 Å². The summed E-state index contributed by atoms with van der Waals surface area (Å²) in [5.74, 6) is 2.13. The molecule has 16 heavy (non-hydrogen) atoms. The third kappa shape index (κ3) is 2.07. The van der Waals surface area contributed by atoms with Gasteiger partial charge in [0.05, 0.1) is 6.61 Å². The maximum absolute atomic E-state index is 5.82. The van der Waals surface area contributed by atoms with Gasteiger partial charge in [-0.25, -0.2) is 0 Å². The van der Waals surface area contributed by atoms with E-state index in [0.717, 1.165) is 25.3 Å². The number of benzene rings is 1. The Morgan fingerprint density at radius 1 is 1.50 bits per heavy atom. The second-order valence-corrected chi connectivity index (χ2v) is 4.68. The summed E-state index contributed by atoms with van der Waals surface area (Å²) < 4.78 is 5.67. The predicted molar refractivity (Wildman–Crippen MR) is 67.1 cm³/mol. The van der Waals surface area contributed by atoms with Crippen LogP contribution in [0, 0.1) is 0 Å². The van der Waals surface area contributed by atoms with Crippen LogP contribution in [0.25, 0.3) is 0 Å². The van der Waals surface area contributed by atoms with Crippen LogP contribution >= 0.6 is 0 Å². The monoisotopic (exact) mass is 219 g/mol. The molecule has 1 aromatic rings. The van der Waals surface area contributed by atoms with Crippen molar-refractivity contribution in [1.82, 2.24) is 0 Å². The van der Waals surface area contributed by atoms with E-state index in [9.17, 15) is 0 Å². The molecule has 2 rings (SSSR count). The van der Waals surface area contributed by atoms with Crippen molar-refractivity contribution in [2.24, 2.45) is 5.73 Å². The van der Waals surface area contributed by atoms with Gasteiger partial charge in [0.1, 0.15) is 5.75 Å².